The Bertz CT molecular complexity index is 924. The van der Waals surface area contributed by atoms with Crippen molar-refractivity contribution in [3.05, 3.63) is 23.3 Å². The summed E-state index contributed by atoms with van der Waals surface area (Å²) in [6.07, 6.45) is -5.02. The molecule has 1 amide bonds. The molecule has 0 saturated carbocycles. The van der Waals surface area contributed by atoms with Crippen LogP contribution >= 0.6 is 0 Å². The van der Waals surface area contributed by atoms with Gasteiger partial charge in [0.05, 0.1) is 11.1 Å². The molecule has 1 aromatic heterocycles. The summed E-state index contributed by atoms with van der Waals surface area (Å²) in [6, 6.07) is 1.03. The minimum absolute atomic E-state index is 0.183. The van der Waals surface area contributed by atoms with Crippen LogP contribution in [-0.4, -0.2) is 46.7 Å². The van der Waals surface area contributed by atoms with Gasteiger partial charge in [-0.3, -0.25) is 10.1 Å². The van der Waals surface area contributed by atoms with Crippen molar-refractivity contribution in [2.24, 2.45) is 7.05 Å². The van der Waals surface area contributed by atoms with Gasteiger partial charge >= 0.3 is 6.18 Å². The second kappa shape index (κ2) is 6.29. The molecule has 3 N–H and O–H groups in total. The standard InChI is InChI=1S/C11H11F3N6O4S/c1-15-25(23,24)8-5(3-4-6(7(8)21)11(12,13)14)9(22)16-10-17-18-19-20(10)2/h3-4,15,21H,1-2H3,(H,16,17,19,22). The first-order valence-corrected chi connectivity index (χ1v) is 7.87. The highest BCUT2D eigenvalue weighted by Crippen LogP contribution is 2.40. The highest BCUT2D eigenvalue weighted by molar-refractivity contribution is 7.89. The van der Waals surface area contributed by atoms with Crippen LogP contribution in [0, 0.1) is 0 Å². The van der Waals surface area contributed by atoms with Crippen molar-refractivity contribution in [3.63, 3.8) is 0 Å². The molecule has 1 aromatic carbocycles. The Kier molecular flexibility index (Phi) is 4.68. The molecule has 0 unspecified atom stereocenters. The topological polar surface area (TPSA) is 139 Å². The summed E-state index contributed by atoms with van der Waals surface area (Å²) in [6.45, 7) is 0. The Morgan fingerprint density at radius 2 is 1.96 bits per heavy atom. The summed E-state index contributed by atoms with van der Waals surface area (Å²) in [5.74, 6) is -2.90. The van der Waals surface area contributed by atoms with Gasteiger partial charge in [-0.2, -0.15) is 13.2 Å². The van der Waals surface area contributed by atoms with E-state index in [-0.39, 0.29) is 5.95 Å². The molecule has 14 heteroatoms. The molecule has 0 fully saturated rings. The number of carbonyl (C=O) groups is 1. The van der Waals surface area contributed by atoms with Crippen molar-refractivity contribution >= 4 is 21.9 Å². The zero-order valence-corrected chi connectivity index (χ0v) is 13.5. The number of alkyl halides is 3. The number of anilines is 1. The molecule has 0 aliphatic heterocycles. The Labute approximate surface area is 138 Å². The third-order valence-electron chi connectivity index (χ3n) is 3.06. The number of aromatic nitrogens is 4. The molecule has 0 aliphatic rings. The number of benzene rings is 1. The van der Waals surface area contributed by atoms with E-state index in [1.807, 2.05) is 0 Å². The van der Waals surface area contributed by atoms with Gasteiger partial charge in [0.15, 0.2) is 0 Å². The van der Waals surface area contributed by atoms with Crippen LogP contribution < -0.4 is 10.0 Å². The predicted molar refractivity (Wildman–Crippen MR) is 76.1 cm³/mol. The van der Waals surface area contributed by atoms with Gasteiger partial charge in [-0.15, -0.1) is 0 Å². The lowest BCUT2D eigenvalue weighted by molar-refractivity contribution is -0.139. The van der Waals surface area contributed by atoms with Crippen molar-refractivity contribution in [1.82, 2.24) is 24.9 Å². The molecule has 0 spiro atoms. The normalized spacial score (nSPS) is 12.2. The first-order chi connectivity index (χ1) is 11.5. The molecule has 136 valence electrons. The van der Waals surface area contributed by atoms with E-state index < -0.39 is 43.9 Å². The predicted octanol–water partition coefficient (Wildman–Crippen LogP) is 0.0949. The van der Waals surface area contributed by atoms with Gasteiger partial charge in [-0.1, -0.05) is 5.10 Å². The maximum absolute atomic E-state index is 12.9. The largest absolute Gasteiger partial charge is 0.506 e. The summed E-state index contributed by atoms with van der Waals surface area (Å²) in [5.41, 5.74) is -2.32. The Morgan fingerprint density at radius 3 is 2.44 bits per heavy atom. The van der Waals surface area contributed by atoms with Crippen molar-refractivity contribution in [3.8, 4) is 5.75 Å². The number of rotatable bonds is 4. The number of nitrogens with one attached hydrogen (secondary N) is 2. The zero-order chi connectivity index (χ0) is 19.0. The second-order valence-corrected chi connectivity index (χ2v) is 6.45. The van der Waals surface area contributed by atoms with Crippen LogP contribution in [0.15, 0.2) is 17.0 Å². The van der Waals surface area contributed by atoms with Crippen LogP contribution in [0.25, 0.3) is 0 Å². The number of tetrazole rings is 1. The summed E-state index contributed by atoms with van der Waals surface area (Å²) >= 11 is 0. The Hall–Kier alpha value is -2.74. The van der Waals surface area contributed by atoms with Gasteiger partial charge in [0.25, 0.3) is 5.91 Å². The highest BCUT2D eigenvalue weighted by atomic mass is 32.2. The fourth-order valence-electron chi connectivity index (χ4n) is 1.86. The lowest BCUT2D eigenvalue weighted by atomic mass is 10.1. The zero-order valence-electron chi connectivity index (χ0n) is 12.7. The Balaban J connectivity index is 2.64. The third kappa shape index (κ3) is 3.53. The van der Waals surface area contributed by atoms with Gasteiger partial charge in [-0.05, 0) is 29.6 Å². The van der Waals surface area contributed by atoms with E-state index in [9.17, 15) is 31.5 Å². The molecule has 0 saturated heterocycles. The number of sulfonamides is 1. The maximum Gasteiger partial charge on any atom is 0.420 e. The molecule has 0 aliphatic carbocycles. The molecule has 0 radical (unpaired) electrons. The van der Waals surface area contributed by atoms with Gasteiger partial charge in [0.1, 0.15) is 10.6 Å². The minimum atomic E-state index is -5.02. The van der Waals surface area contributed by atoms with Crippen LogP contribution in [0.1, 0.15) is 15.9 Å². The number of aromatic hydroxyl groups is 1. The first kappa shape index (κ1) is 18.6. The van der Waals surface area contributed by atoms with Gasteiger partial charge in [0.2, 0.25) is 16.0 Å². The number of carbonyl (C=O) groups excluding carboxylic acids is 1. The molecule has 1 heterocycles. The first-order valence-electron chi connectivity index (χ1n) is 6.39. The van der Waals surface area contributed by atoms with E-state index in [0.717, 1.165) is 11.7 Å². The van der Waals surface area contributed by atoms with Crippen molar-refractivity contribution in [1.29, 1.82) is 0 Å². The summed E-state index contributed by atoms with van der Waals surface area (Å²) < 4.78 is 65.6. The molecular weight excluding hydrogens is 369 g/mol. The number of phenols is 1. The molecular formula is C11H11F3N6O4S. The summed E-state index contributed by atoms with van der Waals surface area (Å²) in [4.78, 5) is 11.0. The average molecular weight is 380 g/mol. The van der Waals surface area contributed by atoms with Crippen LogP contribution in [0.4, 0.5) is 19.1 Å². The lowest BCUT2D eigenvalue weighted by Crippen LogP contribution is -2.25. The van der Waals surface area contributed by atoms with E-state index in [0.29, 0.717) is 12.1 Å². The quantitative estimate of drug-likeness (QED) is 0.683. The smallest absolute Gasteiger partial charge is 0.420 e. The highest BCUT2D eigenvalue weighted by Gasteiger charge is 2.38. The van der Waals surface area contributed by atoms with E-state index >= 15 is 0 Å². The maximum atomic E-state index is 12.9. The number of halogens is 3. The number of aryl methyl sites for hydroxylation is 1. The number of amides is 1. The monoisotopic (exact) mass is 380 g/mol. The number of hydrogen-bond acceptors (Lipinski definition) is 7. The van der Waals surface area contributed by atoms with Crippen LogP contribution in [0.5, 0.6) is 5.75 Å². The number of hydrogen-bond donors (Lipinski definition) is 3. The fraction of sp³-hybridized carbons (Fsp3) is 0.273. The van der Waals surface area contributed by atoms with Crippen molar-refractivity contribution in [2.75, 3.05) is 12.4 Å². The van der Waals surface area contributed by atoms with E-state index in [2.05, 4.69) is 20.8 Å². The summed E-state index contributed by atoms with van der Waals surface area (Å²) in [7, 11) is -2.31. The Morgan fingerprint density at radius 1 is 1.32 bits per heavy atom. The molecule has 10 nitrogen and oxygen atoms in total. The molecule has 0 bridgehead atoms. The molecule has 25 heavy (non-hydrogen) atoms. The van der Waals surface area contributed by atoms with Crippen molar-refractivity contribution < 1.29 is 31.5 Å². The number of nitrogens with zero attached hydrogens (tertiary/aromatic N) is 4. The SMILES string of the molecule is CNS(=O)(=O)c1c(C(=O)Nc2nnnn2C)ccc(C(F)(F)F)c1O. The third-order valence-corrected chi connectivity index (χ3v) is 4.55. The van der Waals surface area contributed by atoms with Crippen LogP contribution in [0.3, 0.4) is 0 Å². The van der Waals surface area contributed by atoms with E-state index in [4.69, 9.17) is 0 Å². The summed E-state index contributed by atoms with van der Waals surface area (Å²) in [5, 5.41) is 22.1. The average Bonchev–Trinajstić information content (AvgIpc) is 2.90. The van der Waals surface area contributed by atoms with Crippen molar-refractivity contribution in [2.45, 2.75) is 11.1 Å². The van der Waals surface area contributed by atoms with Gasteiger partial charge in [0, 0.05) is 7.05 Å². The minimum Gasteiger partial charge on any atom is -0.506 e. The van der Waals surface area contributed by atoms with Gasteiger partial charge in [-0.25, -0.2) is 17.8 Å². The number of phenolic OH excluding ortho intramolecular Hbond substituents is 1. The molecule has 2 rings (SSSR count). The van der Waals surface area contributed by atoms with Crippen LogP contribution in [-0.2, 0) is 23.2 Å². The fourth-order valence-corrected chi connectivity index (χ4v) is 2.88. The second-order valence-electron chi connectivity index (χ2n) is 4.62. The van der Waals surface area contributed by atoms with E-state index in [1.54, 1.807) is 4.72 Å². The molecule has 0 atom stereocenters. The van der Waals surface area contributed by atoms with E-state index in [1.165, 1.54) is 7.05 Å². The molecule has 2 aromatic rings. The lowest BCUT2D eigenvalue weighted by Gasteiger charge is -2.16. The van der Waals surface area contributed by atoms with Crippen LogP contribution in [0.2, 0.25) is 0 Å². The van der Waals surface area contributed by atoms with Gasteiger partial charge < -0.3 is 5.11 Å².